The lowest BCUT2D eigenvalue weighted by atomic mass is 9.76. The van der Waals surface area contributed by atoms with Gasteiger partial charge in [-0.3, -0.25) is 0 Å². The fourth-order valence-corrected chi connectivity index (χ4v) is 3.34. The number of aliphatic hydroxyl groups excluding tert-OH is 1. The molecule has 0 aromatic carbocycles. The van der Waals surface area contributed by atoms with Crippen LogP contribution in [-0.4, -0.2) is 34.5 Å². The van der Waals surface area contributed by atoms with Crippen molar-refractivity contribution in [2.75, 3.05) is 6.61 Å². The highest BCUT2D eigenvalue weighted by Crippen LogP contribution is 2.38. The first-order valence-electron chi connectivity index (χ1n) is 8.49. The van der Waals surface area contributed by atoms with Crippen molar-refractivity contribution in [2.24, 2.45) is 11.8 Å². The molecule has 4 heteroatoms. The molecule has 2 aliphatic rings. The summed E-state index contributed by atoms with van der Waals surface area (Å²) in [6.07, 6.45) is 8.59. The molecule has 1 heterocycles. The highest BCUT2D eigenvalue weighted by Gasteiger charge is 2.37. The molecule has 0 saturated carbocycles. The molecular weight excluding hydrogens is 304 g/mol. The van der Waals surface area contributed by atoms with E-state index in [9.17, 15) is 15.0 Å². The number of carbonyl (C=O) groups is 1. The Hall–Kier alpha value is -1.65. The predicted molar refractivity (Wildman–Crippen MR) is 94.2 cm³/mol. The molecule has 0 spiro atoms. The second-order valence-corrected chi connectivity index (χ2v) is 7.43. The smallest absolute Gasteiger partial charge is 0.334 e. The van der Waals surface area contributed by atoms with Crippen molar-refractivity contribution in [1.82, 2.24) is 0 Å². The van der Waals surface area contributed by atoms with Crippen LogP contribution < -0.4 is 0 Å². The van der Waals surface area contributed by atoms with Gasteiger partial charge < -0.3 is 14.9 Å². The summed E-state index contributed by atoms with van der Waals surface area (Å²) in [7, 11) is 0. The summed E-state index contributed by atoms with van der Waals surface area (Å²) >= 11 is 0. The van der Waals surface area contributed by atoms with Gasteiger partial charge in [0.1, 0.15) is 0 Å². The second kappa shape index (κ2) is 7.49. The Balaban J connectivity index is 2.32. The fourth-order valence-electron chi connectivity index (χ4n) is 3.34. The predicted octanol–water partition coefficient (Wildman–Crippen LogP) is 3.08. The monoisotopic (exact) mass is 332 g/mol. The third-order valence-corrected chi connectivity index (χ3v) is 4.62. The van der Waals surface area contributed by atoms with E-state index in [1.165, 1.54) is 0 Å². The maximum atomic E-state index is 12.3. The standard InChI is InChI=1S/C20H28O4/c1-13-7-8-16-17(6-5-9-20(3,4)23)19(22)24-12-18(16)14(2)11-15(21)10-13/h5-6,9-10,15-16,18,21,23H,2,7-8,11-12H2,1,3-4H3/b9-5+,13-10-,17-6-. The van der Waals surface area contributed by atoms with Crippen molar-refractivity contribution in [3.8, 4) is 0 Å². The van der Waals surface area contributed by atoms with Crippen molar-refractivity contribution < 1.29 is 19.7 Å². The first-order valence-corrected chi connectivity index (χ1v) is 8.49. The Kier molecular flexibility index (Phi) is 5.83. The summed E-state index contributed by atoms with van der Waals surface area (Å²) in [5, 5.41) is 19.9. The molecular formula is C20H28O4. The van der Waals surface area contributed by atoms with Crippen LogP contribution in [0.3, 0.4) is 0 Å². The minimum Gasteiger partial charge on any atom is -0.462 e. The molecule has 0 aromatic heterocycles. The molecule has 132 valence electrons. The molecule has 2 N–H and O–H groups in total. The zero-order valence-corrected chi connectivity index (χ0v) is 14.8. The molecule has 4 nitrogen and oxygen atoms in total. The van der Waals surface area contributed by atoms with Gasteiger partial charge in [0.05, 0.1) is 18.3 Å². The molecule has 2 rings (SSSR count). The summed E-state index contributed by atoms with van der Waals surface area (Å²) in [6.45, 7) is 9.82. The minimum atomic E-state index is -0.930. The third kappa shape index (κ3) is 4.92. The van der Waals surface area contributed by atoms with Crippen molar-refractivity contribution >= 4 is 5.97 Å². The van der Waals surface area contributed by atoms with Crippen LogP contribution in [0.15, 0.2) is 47.6 Å². The van der Waals surface area contributed by atoms with E-state index in [-0.39, 0.29) is 17.8 Å². The zero-order chi connectivity index (χ0) is 17.9. The quantitative estimate of drug-likeness (QED) is 0.463. The number of hydrogen-bond acceptors (Lipinski definition) is 4. The molecule has 0 radical (unpaired) electrons. The SMILES string of the molecule is C=C1CC(O)/C=C(/C)CCC2/C(=C/C=C/C(C)(C)O)C(=O)OCC12. The molecule has 24 heavy (non-hydrogen) atoms. The van der Waals surface area contributed by atoms with Gasteiger partial charge in [-0.2, -0.15) is 0 Å². The summed E-state index contributed by atoms with van der Waals surface area (Å²) in [5.74, 6) is -0.247. The topological polar surface area (TPSA) is 66.8 Å². The number of rotatable bonds is 2. The van der Waals surface area contributed by atoms with Crippen molar-refractivity contribution in [3.05, 3.63) is 47.6 Å². The number of allylic oxidation sites excluding steroid dienone is 3. The normalized spacial score (nSPS) is 33.3. The number of hydrogen-bond donors (Lipinski definition) is 2. The van der Waals surface area contributed by atoms with E-state index in [1.54, 1.807) is 32.1 Å². The van der Waals surface area contributed by atoms with Gasteiger partial charge in [-0.15, -0.1) is 0 Å². The number of carbonyl (C=O) groups excluding carboxylic acids is 1. The van der Waals surface area contributed by atoms with Crippen LogP contribution in [0, 0.1) is 11.8 Å². The van der Waals surface area contributed by atoms with Crippen molar-refractivity contribution in [2.45, 2.75) is 51.7 Å². The van der Waals surface area contributed by atoms with Gasteiger partial charge >= 0.3 is 5.97 Å². The number of aliphatic hydroxyl groups is 2. The van der Waals surface area contributed by atoms with E-state index >= 15 is 0 Å². The number of esters is 1. The van der Waals surface area contributed by atoms with E-state index in [0.717, 1.165) is 24.0 Å². The van der Waals surface area contributed by atoms with E-state index in [0.29, 0.717) is 18.6 Å². The fraction of sp³-hybridized carbons (Fsp3) is 0.550. The van der Waals surface area contributed by atoms with Crippen molar-refractivity contribution in [3.63, 3.8) is 0 Å². The van der Waals surface area contributed by atoms with Crippen molar-refractivity contribution in [1.29, 1.82) is 0 Å². The van der Waals surface area contributed by atoms with Crippen LogP contribution in [0.2, 0.25) is 0 Å². The maximum Gasteiger partial charge on any atom is 0.334 e. The Morgan fingerprint density at radius 2 is 2.08 bits per heavy atom. The summed E-state index contributed by atoms with van der Waals surface area (Å²) in [5.41, 5.74) is 1.74. The van der Waals surface area contributed by atoms with Gasteiger partial charge in [-0.25, -0.2) is 4.79 Å². The maximum absolute atomic E-state index is 12.3. The summed E-state index contributed by atoms with van der Waals surface area (Å²) in [6, 6.07) is 0. The highest BCUT2D eigenvalue weighted by atomic mass is 16.5. The van der Waals surface area contributed by atoms with Crippen LogP contribution in [0.1, 0.15) is 40.0 Å². The minimum absolute atomic E-state index is 0.0263. The Labute approximate surface area is 144 Å². The molecule has 1 fully saturated rings. The number of cyclic esters (lactones) is 1. The Morgan fingerprint density at radius 1 is 1.38 bits per heavy atom. The highest BCUT2D eigenvalue weighted by molar-refractivity contribution is 5.90. The van der Waals surface area contributed by atoms with E-state index in [4.69, 9.17) is 4.74 Å². The van der Waals surface area contributed by atoms with Crippen LogP contribution in [0.25, 0.3) is 0 Å². The lowest BCUT2D eigenvalue weighted by Crippen LogP contribution is -2.34. The van der Waals surface area contributed by atoms with Crippen LogP contribution in [-0.2, 0) is 9.53 Å². The van der Waals surface area contributed by atoms with E-state index < -0.39 is 11.7 Å². The van der Waals surface area contributed by atoms with Gasteiger partial charge in [0.15, 0.2) is 0 Å². The van der Waals surface area contributed by atoms with E-state index in [2.05, 4.69) is 6.58 Å². The summed E-state index contributed by atoms with van der Waals surface area (Å²) < 4.78 is 5.35. The molecule has 1 aliphatic heterocycles. The first kappa shape index (κ1) is 18.7. The zero-order valence-electron chi connectivity index (χ0n) is 14.8. The molecule has 1 saturated heterocycles. The molecule has 3 unspecified atom stereocenters. The van der Waals surface area contributed by atoms with Gasteiger partial charge in [0.25, 0.3) is 0 Å². The van der Waals surface area contributed by atoms with Gasteiger partial charge in [-0.05, 0) is 40.0 Å². The molecule has 1 aliphatic carbocycles. The Bertz CT molecular complexity index is 589. The van der Waals surface area contributed by atoms with Gasteiger partial charge in [0, 0.05) is 17.4 Å². The Morgan fingerprint density at radius 3 is 2.75 bits per heavy atom. The van der Waals surface area contributed by atoms with Crippen LogP contribution in [0.4, 0.5) is 0 Å². The van der Waals surface area contributed by atoms with Gasteiger partial charge in [0.2, 0.25) is 0 Å². The third-order valence-electron chi connectivity index (χ3n) is 4.62. The molecule has 0 aromatic rings. The lowest BCUT2D eigenvalue weighted by molar-refractivity contribution is -0.144. The lowest BCUT2D eigenvalue weighted by Gasteiger charge is -2.34. The van der Waals surface area contributed by atoms with Crippen LogP contribution >= 0.6 is 0 Å². The molecule has 0 bridgehead atoms. The van der Waals surface area contributed by atoms with E-state index in [1.807, 2.05) is 13.0 Å². The number of ether oxygens (including phenoxy) is 1. The van der Waals surface area contributed by atoms with Crippen LogP contribution in [0.5, 0.6) is 0 Å². The van der Waals surface area contributed by atoms with Gasteiger partial charge in [-0.1, -0.05) is 42.0 Å². The second-order valence-electron chi connectivity index (χ2n) is 7.43. The first-order chi connectivity index (χ1) is 11.2. The average Bonchev–Trinajstić information content (AvgIpc) is 2.49. The summed E-state index contributed by atoms with van der Waals surface area (Å²) in [4.78, 5) is 12.3. The molecule has 0 amide bonds. The number of fused-ring (bicyclic) bond motifs is 1. The largest absolute Gasteiger partial charge is 0.462 e. The molecule has 3 atom stereocenters. The average molecular weight is 332 g/mol.